The van der Waals surface area contributed by atoms with Crippen molar-refractivity contribution in [2.75, 3.05) is 0 Å². The van der Waals surface area contributed by atoms with Crippen LogP contribution in [0, 0.1) is 5.82 Å². The first-order valence-electron chi connectivity index (χ1n) is 7.39. The lowest BCUT2D eigenvalue weighted by Gasteiger charge is -2.16. The predicted octanol–water partition coefficient (Wildman–Crippen LogP) is 3.52. The molecule has 118 valence electrons. The van der Waals surface area contributed by atoms with Gasteiger partial charge in [-0.1, -0.05) is 12.1 Å². The van der Waals surface area contributed by atoms with E-state index >= 15 is 0 Å². The highest BCUT2D eigenvalue weighted by atomic mass is 19.1. The van der Waals surface area contributed by atoms with Gasteiger partial charge < -0.3 is 14.3 Å². The van der Waals surface area contributed by atoms with Gasteiger partial charge in [-0.25, -0.2) is 4.39 Å². The molecule has 0 saturated carbocycles. The molecule has 23 heavy (non-hydrogen) atoms. The zero-order valence-corrected chi connectivity index (χ0v) is 12.5. The number of hydrogen-bond acceptors (Lipinski definition) is 2. The fourth-order valence-corrected chi connectivity index (χ4v) is 2.44. The maximum absolute atomic E-state index is 12.9. The normalized spacial score (nSPS) is 12.0. The van der Waals surface area contributed by atoms with Gasteiger partial charge in [0.2, 0.25) is 5.91 Å². The van der Waals surface area contributed by atoms with Crippen LogP contribution >= 0.6 is 0 Å². The number of halogens is 1. The van der Waals surface area contributed by atoms with E-state index in [0.29, 0.717) is 6.54 Å². The minimum atomic E-state index is -0.287. The van der Waals surface area contributed by atoms with Crippen molar-refractivity contribution in [3.8, 4) is 0 Å². The molecule has 0 spiro atoms. The first kappa shape index (κ1) is 15.1. The van der Waals surface area contributed by atoms with Gasteiger partial charge in [0.25, 0.3) is 0 Å². The third kappa shape index (κ3) is 3.88. The summed E-state index contributed by atoms with van der Waals surface area (Å²) in [5.74, 6) is 0.355. The molecule has 2 heterocycles. The van der Waals surface area contributed by atoms with Gasteiger partial charge in [-0.2, -0.15) is 0 Å². The zero-order valence-electron chi connectivity index (χ0n) is 12.5. The van der Waals surface area contributed by atoms with Crippen molar-refractivity contribution in [2.24, 2.45) is 0 Å². The summed E-state index contributed by atoms with van der Waals surface area (Å²) in [5.41, 5.74) is 0.857. The molecule has 2 aromatic heterocycles. The molecular formula is C18H17FN2O2. The first-order valence-corrected chi connectivity index (χ1v) is 7.39. The van der Waals surface area contributed by atoms with Gasteiger partial charge in [-0.3, -0.25) is 4.79 Å². The molecule has 0 saturated heterocycles. The Labute approximate surface area is 133 Å². The quantitative estimate of drug-likeness (QED) is 0.757. The molecule has 3 rings (SSSR count). The fourth-order valence-electron chi connectivity index (χ4n) is 2.44. The van der Waals surface area contributed by atoms with Crippen molar-refractivity contribution >= 4 is 5.91 Å². The van der Waals surface area contributed by atoms with E-state index < -0.39 is 0 Å². The second-order valence-electron chi connectivity index (χ2n) is 5.27. The Bertz CT molecular complexity index is 700. The van der Waals surface area contributed by atoms with Crippen LogP contribution in [-0.4, -0.2) is 10.5 Å². The average molecular weight is 312 g/mol. The van der Waals surface area contributed by atoms with Crippen LogP contribution in [-0.2, 0) is 11.3 Å². The molecule has 1 aromatic carbocycles. The molecule has 0 aliphatic heterocycles. The maximum atomic E-state index is 12.9. The molecule has 5 heteroatoms. The number of nitrogens with one attached hydrogen (secondary N) is 1. The Kier molecular flexibility index (Phi) is 4.57. The average Bonchev–Trinajstić information content (AvgIpc) is 3.25. The lowest BCUT2D eigenvalue weighted by molar-refractivity contribution is -0.121. The monoisotopic (exact) mass is 312 g/mol. The highest BCUT2D eigenvalue weighted by Gasteiger charge is 2.19. The summed E-state index contributed by atoms with van der Waals surface area (Å²) in [6.07, 6.45) is 5.67. The van der Waals surface area contributed by atoms with Crippen LogP contribution in [0.1, 0.15) is 23.8 Å². The van der Waals surface area contributed by atoms with Gasteiger partial charge in [0.05, 0.1) is 18.7 Å². The summed E-state index contributed by atoms with van der Waals surface area (Å²) >= 11 is 0. The molecule has 0 radical (unpaired) electrons. The molecule has 0 aliphatic carbocycles. The Morgan fingerprint density at radius 1 is 1.13 bits per heavy atom. The molecule has 1 atom stereocenters. The van der Waals surface area contributed by atoms with Crippen molar-refractivity contribution < 1.29 is 13.6 Å². The molecule has 1 unspecified atom stereocenters. The minimum absolute atomic E-state index is 0.0931. The minimum Gasteiger partial charge on any atom is -0.467 e. The third-order valence-electron chi connectivity index (χ3n) is 3.64. The van der Waals surface area contributed by atoms with E-state index in [2.05, 4.69) is 5.32 Å². The molecule has 1 N–H and O–H groups in total. The van der Waals surface area contributed by atoms with Gasteiger partial charge in [0.15, 0.2) is 0 Å². The van der Waals surface area contributed by atoms with E-state index in [0.717, 1.165) is 11.3 Å². The van der Waals surface area contributed by atoms with Gasteiger partial charge in [-0.15, -0.1) is 0 Å². The summed E-state index contributed by atoms with van der Waals surface area (Å²) in [7, 11) is 0. The SMILES string of the molecule is O=C(CC(c1ccco1)n1cccc1)NCc1ccc(F)cc1. The first-order chi connectivity index (χ1) is 11.2. The fraction of sp³-hybridized carbons (Fsp3) is 0.167. The molecule has 0 fully saturated rings. The van der Waals surface area contributed by atoms with Crippen LogP contribution < -0.4 is 5.32 Å². The van der Waals surface area contributed by atoms with Gasteiger partial charge >= 0.3 is 0 Å². The molecule has 0 aliphatic rings. The number of carbonyl (C=O) groups is 1. The molecule has 3 aromatic rings. The number of nitrogens with zero attached hydrogens (tertiary/aromatic N) is 1. The summed E-state index contributed by atoms with van der Waals surface area (Å²) in [4.78, 5) is 12.2. The highest BCUT2D eigenvalue weighted by Crippen LogP contribution is 2.22. The van der Waals surface area contributed by atoms with Crippen LogP contribution in [0.25, 0.3) is 0 Å². The van der Waals surface area contributed by atoms with Crippen molar-refractivity contribution in [3.05, 3.63) is 84.3 Å². The number of aromatic nitrogens is 1. The van der Waals surface area contributed by atoms with Gasteiger partial charge in [0, 0.05) is 18.9 Å². The Balaban J connectivity index is 1.63. The Morgan fingerprint density at radius 3 is 2.52 bits per heavy atom. The molecule has 0 bridgehead atoms. The van der Waals surface area contributed by atoms with E-state index in [-0.39, 0.29) is 24.2 Å². The van der Waals surface area contributed by atoms with Crippen LogP contribution in [0.2, 0.25) is 0 Å². The van der Waals surface area contributed by atoms with Gasteiger partial charge in [0.1, 0.15) is 11.6 Å². The van der Waals surface area contributed by atoms with Crippen LogP contribution in [0.3, 0.4) is 0 Å². The number of rotatable bonds is 6. The largest absolute Gasteiger partial charge is 0.467 e. The number of hydrogen-bond donors (Lipinski definition) is 1. The second kappa shape index (κ2) is 6.96. The van der Waals surface area contributed by atoms with E-state index in [1.54, 1.807) is 18.4 Å². The lowest BCUT2D eigenvalue weighted by Crippen LogP contribution is -2.26. The Morgan fingerprint density at radius 2 is 1.87 bits per heavy atom. The topological polar surface area (TPSA) is 47.2 Å². The smallest absolute Gasteiger partial charge is 0.222 e. The van der Waals surface area contributed by atoms with Crippen LogP contribution in [0.4, 0.5) is 4.39 Å². The summed E-state index contributed by atoms with van der Waals surface area (Å²) in [6, 6.07) is 13.4. The van der Waals surface area contributed by atoms with E-state index in [9.17, 15) is 9.18 Å². The maximum Gasteiger partial charge on any atom is 0.222 e. The second-order valence-corrected chi connectivity index (χ2v) is 5.27. The van der Waals surface area contributed by atoms with Crippen molar-refractivity contribution in [1.82, 2.24) is 9.88 Å². The predicted molar refractivity (Wildman–Crippen MR) is 84.1 cm³/mol. The standard InChI is InChI=1S/C18H17FN2O2/c19-15-7-5-14(6-8-15)13-20-18(22)12-16(17-4-3-11-23-17)21-9-1-2-10-21/h1-11,16H,12-13H2,(H,20,22). The number of benzene rings is 1. The Hall–Kier alpha value is -2.82. The molecule has 1 amide bonds. The van der Waals surface area contributed by atoms with Crippen molar-refractivity contribution in [3.63, 3.8) is 0 Å². The van der Waals surface area contributed by atoms with Crippen molar-refractivity contribution in [2.45, 2.75) is 19.0 Å². The van der Waals surface area contributed by atoms with Crippen LogP contribution in [0.15, 0.2) is 71.6 Å². The summed E-state index contributed by atoms with van der Waals surface area (Å²) < 4.78 is 20.3. The number of furan rings is 1. The lowest BCUT2D eigenvalue weighted by atomic mass is 10.1. The highest BCUT2D eigenvalue weighted by molar-refractivity contribution is 5.76. The summed E-state index contributed by atoms with van der Waals surface area (Å²) in [5, 5.41) is 2.86. The van der Waals surface area contributed by atoms with E-state index in [1.807, 2.05) is 41.2 Å². The zero-order chi connectivity index (χ0) is 16.1. The number of amides is 1. The molecular weight excluding hydrogens is 295 g/mol. The van der Waals surface area contributed by atoms with Crippen LogP contribution in [0.5, 0.6) is 0 Å². The van der Waals surface area contributed by atoms with E-state index in [4.69, 9.17) is 4.42 Å². The number of carbonyl (C=O) groups excluding carboxylic acids is 1. The summed E-state index contributed by atoms with van der Waals surface area (Å²) in [6.45, 7) is 0.371. The van der Waals surface area contributed by atoms with Gasteiger partial charge in [-0.05, 0) is 42.0 Å². The van der Waals surface area contributed by atoms with Crippen molar-refractivity contribution in [1.29, 1.82) is 0 Å². The van der Waals surface area contributed by atoms with E-state index in [1.165, 1.54) is 12.1 Å². The third-order valence-corrected chi connectivity index (χ3v) is 3.64. The molecule has 4 nitrogen and oxygen atoms in total.